The van der Waals surface area contributed by atoms with Gasteiger partial charge in [-0.05, 0) is 50.5 Å². The number of benzene rings is 1. The predicted octanol–water partition coefficient (Wildman–Crippen LogP) is 3.48. The lowest BCUT2D eigenvalue weighted by molar-refractivity contribution is 0.123. The van der Waals surface area contributed by atoms with Crippen LogP contribution >= 0.6 is 12.2 Å². The number of hydrogen-bond acceptors (Lipinski definition) is 4. The second kappa shape index (κ2) is 8.58. The van der Waals surface area contributed by atoms with E-state index in [0.29, 0.717) is 18.3 Å². The zero-order valence-corrected chi connectivity index (χ0v) is 16.3. The summed E-state index contributed by atoms with van der Waals surface area (Å²) in [5.41, 5.74) is 0.885. The molecule has 0 aromatic heterocycles. The van der Waals surface area contributed by atoms with E-state index in [1.807, 2.05) is 36.1 Å². The van der Waals surface area contributed by atoms with Crippen LogP contribution in [0.3, 0.4) is 0 Å². The van der Waals surface area contributed by atoms with Crippen LogP contribution in [-0.2, 0) is 4.74 Å². The molecule has 1 unspecified atom stereocenters. The van der Waals surface area contributed by atoms with Gasteiger partial charge in [-0.3, -0.25) is 4.90 Å². The third-order valence-electron chi connectivity index (χ3n) is 5.05. The smallest absolute Gasteiger partial charge is 0.410 e. The number of thiocarbonyl (C=S) groups is 1. The number of carbonyl (C=O) groups excluding carboxylic acids is 1. The van der Waals surface area contributed by atoms with Crippen LogP contribution in [-0.4, -0.2) is 59.4 Å². The average molecular weight is 378 g/mol. The average Bonchev–Trinajstić information content (AvgIpc) is 3.04. The molecule has 2 fully saturated rings. The minimum atomic E-state index is -0.165. The fraction of sp³-hybridized carbons (Fsp3) is 0.579. The minimum Gasteiger partial charge on any atom is -0.492 e. The lowest BCUT2D eigenvalue weighted by Gasteiger charge is -2.38. The van der Waals surface area contributed by atoms with E-state index in [2.05, 4.69) is 17.1 Å². The maximum atomic E-state index is 12.0. The number of likely N-dealkylation sites (tertiary alicyclic amines) is 1. The first-order valence-corrected chi connectivity index (χ1v) is 9.77. The van der Waals surface area contributed by atoms with Crippen LogP contribution in [0.15, 0.2) is 24.3 Å². The molecule has 1 aromatic carbocycles. The Balaban J connectivity index is 1.56. The van der Waals surface area contributed by atoms with Gasteiger partial charge in [0, 0.05) is 19.1 Å². The third kappa shape index (κ3) is 4.03. The molecule has 2 saturated heterocycles. The number of ether oxygens (including phenoxy) is 2. The second-order valence-corrected chi connectivity index (χ2v) is 7.01. The molecule has 7 heteroatoms. The molecular formula is C19H27N3O3S. The molecule has 1 amide bonds. The van der Waals surface area contributed by atoms with E-state index in [0.717, 1.165) is 43.8 Å². The van der Waals surface area contributed by atoms with Crippen LogP contribution in [0, 0.1) is 0 Å². The molecule has 26 heavy (non-hydrogen) atoms. The maximum absolute atomic E-state index is 12.0. The fourth-order valence-corrected chi connectivity index (χ4v) is 3.92. The molecule has 2 aliphatic rings. The Hall–Kier alpha value is -2.02. The van der Waals surface area contributed by atoms with Crippen LogP contribution in [0.5, 0.6) is 5.75 Å². The lowest BCUT2D eigenvalue weighted by atomic mass is 10.0. The van der Waals surface area contributed by atoms with Crippen LogP contribution in [0.4, 0.5) is 10.5 Å². The molecule has 2 heterocycles. The highest BCUT2D eigenvalue weighted by atomic mass is 32.1. The Morgan fingerprint density at radius 3 is 2.73 bits per heavy atom. The summed E-state index contributed by atoms with van der Waals surface area (Å²) < 4.78 is 10.9. The standard InChI is InChI=1S/C19H27N3O3S/c1-3-14-13-25-19(23)22(14)15-9-11-21(12-10-15)18(26)20-16-7-5-6-8-17(16)24-4-2/h5-8,14-15H,3-4,9-13H2,1-2H3,(H,20,26). The van der Waals surface area contributed by atoms with Crippen molar-refractivity contribution in [2.24, 2.45) is 0 Å². The monoisotopic (exact) mass is 377 g/mol. The molecule has 2 aliphatic heterocycles. The van der Waals surface area contributed by atoms with Crippen molar-refractivity contribution >= 4 is 29.1 Å². The summed E-state index contributed by atoms with van der Waals surface area (Å²) in [7, 11) is 0. The molecule has 1 N–H and O–H groups in total. The molecule has 142 valence electrons. The van der Waals surface area contributed by atoms with E-state index < -0.39 is 0 Å². The number of carbonyl (C=O) groups is 1. The van der Waals surface area contributed by atoms with E-state index in [1.54, 1.807) is 0 Å². The van der Waals surface area contributed by atoms with E-state index in [4.69, 9.17) is 21.7 Å². The molecule has 3 rings (SSSR count). The van der Waals surface area contributed by atoms with Gasteiger partial charge in [-0.2, -0.15) is 0 Å². The van der Waals surface area contributed by atoms with Gasteiger partial charge in [-0.15, -0.1) is 0 Å². The van der Waals surface area contributed by atoms with Crippen molar-refractivity contribution in [2.75, 3.05) is 31.6 Å². The van der Waals surface area contributed by atoms with Crippen molar-refractivity contribution in [1.29, 1.82) is 0 Å². The van der Waals surface area contributed by atoms with Gasteiger partial charge >= 0.3 is 6.09 Å². The zero-order chi connectivity index (χ0) is 18.5. The summed E-state index contributed by atoms with van der Waals surface area (Å²) in [5.74, 6) is 0.804. The van der Waals surface area contributed by atoms with Crippen molar-refractivity contribution in [3.8, 4) is 5.75 Å². The van der Waals surface area contributed by atoms with Crippen molar-refractivity contribution in [3.05, 3.63) is 24.3 Å². The zero-order valence-electron chi connectivity index (χ0n) is 15.4. The second-order valence-electron chi connectivity index (χ2n) is 6.62. The minimum absolute atomic E-state index is 0.165. The predicted molar refractivity (Wildman–Crippen MR) is 106 cm³/mol. The first kappa shape index (κ1) is 18.8. The maximum Gasteiger partial charge on any atom is 0.410 e. The van der Waals surface area contributed by atoms with Gasteiger partial charge < -0.3 is 19.7 Å². The molecule has 1 atom stereocenters. The highest BCUT2D eigenvalue weighted by Crippen LogP contribution is 2.27. The van der Waals surface area contributed by atoms with E-state index in [-0.39, 0.29) is 18.2 Å². The van der Waals surface area contributed by atoms with Crippen molar-refractivity contribution in [1.82, 2.24) is 9.80 Å². The summed E-state index contributed by atoms with van der Waals surface area (Å²) in [6, 6.07) is 8.26. The van der Waals surface area contributed by atoms with Crippen molar-refractivity contribution in [2.45, 2.75) is 45.2 Å². The molecule has 0 bridgehead atoms. The van der Waals surface area contributed by atoms with E-state index in [9.17, 15) is 4.79 Å². The summed E-state index contributed by atoms with van der Waals surface area (Å²) in [6.45, 7) is 6.85. The number of cyclic esters (lactones) is 1. The summed E-state index contributed by atoms with van der Waals surface area (Å²) in [6.07, 6.45) is 2.57. The molecule has 0 spiro atoms. The number of nitrogens with one attached hydrogen (secondary N) is 1. The van der Waals surface area contributed by atoms with Gasteiger partial charge in [-0.25, -0.2) is 4.79 Å². The van der Waals surface area contributed by atoms with Gasteiger partial charge in [0.2, 0.25) is 0 Å². The number of hydrogen-bond donors (Lipinski definition) is 1. The largest absolute Gasteiger partial charge is 0.492 e. The summed E-state index contributed by atoms with van der Waals surface area (Å²) in [4.78, 5) is 16.1. The van der Waals surface area contributed by atoms with Crippen LogP contribution in [0.25, 0.3) is 0 Å². The van der Waals surface area contributed by atoms with Crippen molar-refractivity contribution in [3.63, 3.8) is 0 Å². The summed E-state index contributed by atoms with van der Waals surface area (Å²) in [5, 5.41) is 4.01. The number of rotatable bonds is 5. The molecular weight excluding hydrogens is 350 g/mol. The summed E-state index contributed by atoms with van der Waals surface area (Å²) >= 11 is 5.60. The van der Waals surface area contributed by atoms with Gasteiger partial charge in [0.05, 0.1) is 18.3 Å². The van der Waals surface area contributed by atoms with Crippen molar-refractivity contribution < 1.29 is 14.3 Å². The van der Waals surface area contributed by atoms with E-state index in [1.165, 1.54) is 0 Å². The van der Waals surface area contributed by atoms with Gasteiger partial charge in [0.25, 0.3) is 0 Å². The number of piperidine rings is 1. The van der Waals surface area contributed by atoms with Crippen LogP contribution in [0.2, 0.25) is 0 Å². The lowest BCUT2D eigenvalue weighted by Crippen LogP contribution is -2.50. The highest BCUT2D eigenvalue weighted by Gasteiger charge is 2.38. The number of para-hydroxylation sites is 2. The van der Waals surface area contributed by atoms with E-state index >= 15 is 0 Å². The number of amides is 1. The number of nitrogens with zero attached hydrogens (tertiary/aromatic N) is 2. The number of anilines is 1. The van der Waals surface area contributed by atoms with Gasteiger partial charge in [0.15, 0.2) is 5.11 Å². The molecule has 0 saturated carbocycles. The quantitative estimate of drug-likeness (QED) is 0.793. The Kier molecular flexibility index (Phi) is 6.19. The Morgan fingerprint density at radius 2 is 2.04 bits per heavy atom. The highest BCUT2D eigenvalue weighted by molar-refractivity contribution is 7.80. The topological polar surface area (TPSA) is 54.0 Å². The van der Waals surface area contributed by atoms with Crippen LogP contribution in [0.1, 0.15) is 33.1 Å². The Morgan fingerprint density at radius 1 is 1.31 bits per heavy atom. The first-order chi connectivity index (χ1) is 12.6. The molecule has 1 aromatic rings. The molecule has 0 aliphatic carbocycles. The molecule has 0 radical (unpaired) electrons. The Labute approximate surface area is 160 Å². The first-order valence-electron chi connectivity index (χ1n) is 9.36. The molecule has 6 nitrogen and oxygen atoms in total. The van der Waals surface area contributed by atoms with Gasteiger partial charge in [0.1, 0.15) is 12.4 Å². The Bertz CT molecular complexity index is 647. The van der Waals surface area contributed by atoms with Gasteiger partial charge in [-0.1, -0.05) is 19.1 Å². The van der Waals surface area contributed by atoms with Crippen LogP contribution < -0.4 is 10.1 Å². The third-order valence-corrected chi connectivity index (χ3v) is 5.41. The normalized spacial score (nSPS) is 20.8. The SMILES string of the molecule is CCOc1ccccc1NC(=S)N1CCC(N2C(=O)OCC2CC)CC1. The fourth-order valence-electron chi connectivity index (χ4n) is 3.63.